The first-order chi connectivity index (χ1) is 6.86. The molecule has 0 saturated carbocycles. The van der Waals surface area contributed by atoms with Gasteiger partial charge >= 0.3 is 0 Å². The van der Waals surface area contributed by atoms with Gasteiger partial charge in [-0.15, -0.1) is 11.3 Å². The van der Waals surface area contributed by atoms with E-state index < -0.39 is 0 Å². The summed E-state index contributed by atoms with van der Waals surface area (Å²) in [6, 6.07) is 0. The second-order valence-corrected chi connectivity index (χ2v) is 3.75. The summed E-state index contributed by atoms with van der Waals surface area (Å²) < 4.78 is 5.17. The van der Waals surface area contributed by atoms with E-state index in [2.05, 4.69) is 10.5 Å². The van der Waals surface area contributed by atoms with Crippen molar-refractivity contribution in [2.75, 3.05) is 26.3 Å². The van der Waals surface area contributed by atoms with E-state index in [0.29, 0.717) is 32.7 Å². The van der Waals surface area contributed by atoms with Crippen LogP contribution in [0.4, 0.5) is 0 Å². The molecule has 2 heterocycles. The number of amides is 1. The van der Waals surface area contributed by atoms with Crippen molar-refractivity contribution in [2.24, 2.45) is 0 Å². The predicted octanol–water partition coefficient (Wildman–Crippen LogP) is 0.345. The van der Waals surface area contributed by atoms with Gasteiger partial charge in [0, 0.05) is 18.5 Å². The molecule has 75 valence electrons. The van der Waals surface area contributed by atoms with Crippen LogP contribution >= 0.6 is 11.3 Å². The molecule has 0 aromatic carbocycles. The third-order valence-corrected chi connectivity index (χ3v) is 2.72. The molecule has 0 spiro atoms. The maximum atomic E-state index is 11.7. The van der Waals surface area contributed by atoms with Crippen molar-refractivity contribution in [2.45, 2.75) is 6.42 Å². The van der Waals surface area contributed by atoms with Crippen LogP contribution in [0.1, 0.15) is 5.69 Å². The smallest absolute Gasteiger partial charge is 0.228 e. The molecule has 1 fully saturated rings. The molecule has 1 aromatic heterocycles. The van der Waals surface area contributed by atoms with Crippen LogP contribution in [0.3, 0.4) is 0 Å². The fourth-order valence-electron chi connectivity index (χ4n) is 1.37. The quantitative estimate of drug-likeness (QED) is 0.708. The first-order valence-corrected chi connectivity index (χ1v) is 5.40. The molecule has 5 heteroatoms. The van der Waals surface area contributed by atoms with Gasteiger partial charge in [-0.3, -0.25) is 4.79 Å². The minimum atomic E-state index is 0.132. The zero-order valence-corrected chi connectivity index (χ0v) is 8.55. The molecule has 1 aliphatic rings. The highest BCUT2D eigenvalue weighted by molar-refractivity contribution is 7.07. The Morgan fingerprint density at radius 3 is 3.07 bits per heavy atom. The fraction of sp³-hybridized carbons (Fsp3) is 0.556. The van der Waals surface area contributed by atoms with Gasteiger partial charge in [0.1, 0.15) is 0 Å². The van der Waals surface area contributed by atoms with Gasteiger partial charge in [-0.1, -0.05) is 0 Å². The summed E-state index contributed by atoms with van der Waals surface area (Å²) in [5.41, 5.74) is 3.55. The Morgan fingerprint density at radius 2 is 2.43 bits per heavy atom. The Balaban J connectivity index is 1.88. The van der Waals surface area contributed by atoms with Gasteiger partial charge in [0.2, 0.25) is 5.91 Å². The zero-order chi connectivity index (χ0) is 9.80. The van der Waals surface area contributed by atoms with E-state index in [1.807, 2.05) is 10.3 Å². The fourth-order valence-corrected chi connectivity index (χ4v) is 1.86. The van der Waals surface area contributed by atoms with Gasteiger partial charge in [0.25, 0.3) is 0 Å². The van der Waals surface area contributed by atoms with Gasteiger partial charge in [-0.2, -0.15) is 0 Å². The standard InChI is InChI=1S/C9H11N2O2S/c12-9(5-8-6-14-7-10-8)11-1-3-13-4-2-11/h6H,1-5H2. The Bertz CT molecular complexity index is 294. The lowest BCUT2D eigenvalue weighted by molar-refractivity contribution is -0.134. The summed E-state index contributed by atoms with van der Waals surface area (Å²) in [6.45, 7) is 2.70. The molecule has 0 bridgehead atoms. The van der Waals surface area contributed by atoms with Crippen LogP contribution in [0.5, 0.6) is 0 Å². The number of thiazole rings is 1. The van der Waals surface area contributed by atoms with E-state index in [0.717, 1.165) is 5.69 Å². The van der Waals surface area contributed by atoms with E-state index in [4.69, 9.17) is 4.74 Å². The number of morpholine rings is 1. The van der Waals surface area contributed by atoms with Crippen molar-refractivity contribution >= 4 is 17.2 Å². The molecular formula is C9H11N2O2S. The maximum absolute atomic E-state index is 11.7. The van der Waals surface area contributed by atoms with Crippen LogP contribution in [-0.2, 0) is 16.0 Å². The lowest BCUT2D eigenvalue weighted by Crippen LogP contribution is -2.41. The van der Waals surface area contributed by atoms with Crippen molar-refractivity contribution in [3.63, 3.8) is 0 Å². The highest BCUT2D eigenvalue weighted by Crippen LogP contribution is 2.05. The lowest BCUT2D eigenvalue weighted by Gasteiger charge is -2.26. The second-order valence-electron chi connectivity index (χ2n) is 3.10. The molecule has 2 rings (SSSR count). The number of carbonyl (C=O) groups excluding carboxylic acids is 1. The molecule has 1 radical (unpaired) electrons. The summed E-state index contributed by atoms with van der Waals surface area (Å²) in [7, 11) is 0. The van der Waals surface area contributed by atoms with E-state index in [9.17, 15) is 4.79 Å². The van der Waals surface area contributed by atoms with Crippen molar-refractivity contribution in [3.8, 4) is 0 Å². The Kier molecular flexibility index (Phi) is 3.10. The molecule has 0 N–H and O–H groups in total. The molecule has 1 amide bonds. The maximum Gasteiger partial charge on any atom is 0.228 e. The van der Waals surface area contributed by atoms with Crippen LogP contribution < -0.4 is 0 Å². The Labute approximate surface area is 86.5 Å². The molecule has 0 atom stereocenters. The first-order valence-electron chi connectivity index (χ1n) is 4.52. The summed E-state index contributed by atoms with van der Waals surface area (Å²) in [5.74, 6) is 0.132. The van der Waals surface area contributed by atoms with Crippen molar-refractivity contribution in [1.29, 1.82) is 0 Å². The third kappa shape index (κ3) is 2.30. The number of ether oxygens (including phenoxy) is 1. The number of hydrogen-bond acceptors (Lipinski definition) is 4. The number of nitrogens with zero attached hydrogens (tertiary/aromatic N) is 2. The molecule has 1 aromatic rings. The van der Waals surface area contributed by atoms with Crippen molar-refractivity contribution in [1.82, 2.24) is 9.88 Å². The highest BCUT2D eigenvalue weighted by Gasteiger charge is 2.17. The topological polar surface area (TPSA) is 42.4 Å². The van der Waals surface area contributed by atoms with Gasteiger partial charge in [0.15, 0.2) is 5.51 Å². The van der Waals surface area contributed by atoms with Crippen molar-refractivity contribution in [3.05, 3.63) is 16.6 Å². The molecule has 0 aliphatic carbocycles. The van der Waals surface area contributed by atoms with Gasteiger partial charge in [-0.05, 0) is 0 Å². The molecule has 4 nitrogen and oxygen atoms in total. The monoisotopic (exact) mass is 211 g/mol. The average molecular weight is 211 g/mol. The summed E-state index contributed by atoms with van der Waals surface area (Å²) in [6.07, 6.45) is 0.389. The van der Waals surface area contributed by atoms with Gasteiger partial charge < -0.3 is 9.64 Å². The largest absolute Gasteiger partial charge is 0.378 e. The van der Waals surface area contributed by atoms with Crippen molar-refractivity contribution < 1.29 is 9.53 Å². The predicted molar refractivity (Wildman–Crippen MR) is 52.1 cm³/mol. The lowest BCUT2D eigenvalue weighted by atomic mass is 10.3. The van der Waals surface area contributed by atoms with Gasteiger partial charge in [0.05, 0.1) is 25.3 Å². The van der Waals surface area contributed by atoms with E-state index in [-0.39, 0.29) is 5.91 Å². The van der Waals surface area contributed by atoms with Crippen LogP contribution in [0.25, 0.3) is 0 Å². The average Bonchev–Trinajstić information content (AvgIpc) is 2.72. The number of rotatable bonds is 2. The van der Waals surface area contributed by atoms with Crippen LogP contribution in [0.2, 0.25) is 0 Å². The Morgan fingerprint density at radius 1 is 1.64 bits per heavy atom. The third-order valence-electron chi connectivity index (χ3n) is 2.13. The minimum absolute atomic E-state index is 0.132. The SMILES string of the molecule is O=C(Cc1cs[c]n1)N1CCOCC1. The highest BCUT2D eigenvalue weighted by atomic mass is 32.1. The number of hydrogen-bond donors (Lipinski definition) is 0. The zero-order valence-electron chi connectivity index (χ0n) is 7.73. The summed E-state index contributed by atoms with van der Waals surface area (Å²) >= 11 is 1.40. The van der Waals surface area contributed by atoms with E-state index in [1.54, 1.807) is 0 Å². The minimum Gasteiger partial charge on any atom is -0.378 e. The van der Waals surface area contributed by atoms with Crippen LogP contribution in [0, 0.1) is 5.51 Å². The molecule has 14 heavy (non-hydrogen) atoms. The molecule has 1 saturated heterocycles. The van der Waals surface area contributed by atoms with E-state index in [1.165, 1.54) is 11.3 Å². The number of carbonyl (C=O) groups is 1. The number of aromatic nitrogens is 1. The molecule has 0 unspecified atom stereocenters. The second kappa shape index (κ2) is 4.52. The summed E-state index contributed by atoms with van der Waals surface area (Å²) in [5, 5.41) is 1.86. The summed E-state index contributed by atoms with van der Waals surface area (Å²) in [4.78, 5) is 17.5. The first kappa shape index (κ1) is 9.61. The normalized spacial score (nSPS) is 17.0. The van der Waals surface area contributed by atoms with E-state index >= 15 is 0 Å². The molecule has 1 aliphatic heterocycles. The van der Waals surface area contributed by atoms with Crippen LogP contribution in [-0.4, -0.2) is 42.1 Å². The van der Waals surface area contributed by atoms with Gasteiger partial charge in [-0.25, -0.2) is 4.98 Å². The van der Waals surface area contributed by atoms with Crippen LogP contribution in [0.15, 0.2) is 5.38 Å². The Hall–Kier alpha value is -0.940. The molecular weight excluding hydrogens is 200 g/mol.